The molecule has 2 unspecified atom stereocenters. The predicted molar refractivity (Wildman–Crippen MR) is 56.5 cm³/mol. The van der Waals surface area contributed by atoms with E-state index in [-0.39, 0.29) is 24.6 Å². The Kier molecular flexibility index (Phi) is 5.01. The molecule has 2 atom stereocenters. The lowest BCUT2D eigenvalue weighted by Crippen LogP contribution is -2.56. The quantitative estimate of drug-likeness (QED) is 0.646. The third-order valence-electron chi connectivity index (χ3n) is 2.71. The zero-order chi connectivity index (χ0) is 11.3. The molecule has 0 aromatic heterocycles. The SMILES string of the molecule is CCNC(=O)C(C)N1CCOCC1CO. The van der Waals surface area contributed by atoms with Crippen molar-refractivity contribution in [3.8, 4) is 0 Å². The van der Waals surface area contributed by atoms with Gasteiger partial charge in [-0.1, -0.05) is 0 Å². The first-order valence-electron chi connectivity index (χ1n) is 5.42. The van der Waals surface area contributed by atoms with Gasteiger partial charge in [0.1, 0.15) is 0 Å². The largest absolute Gasteiger partial charge is 0.395 e. The van der Waals surface area contributed by atoms with Gasteiger partial charge in [-0.3, -0.25) is 9.69 Å². The molecule has 0 aromatic rings. The van der Waals surface area contributed by atoms with E-state index in [4.69, 9.17) is 9.84 Å². The average molecular weight is 216 g/mol. The summed E-state index contributed by atoms with van der Waals surface area (Å²) in [4.78, 5) is 13.6. The molecule has 0 bridgehead atoms. The van der Waals surface area contributed by atoms with E-state index in [1.54, 1.807) is 0 Å². The number of carbonyl (C=O) groups excluding carboxylic acids is 1. The third kappa shape index (κ3) is 3.15. The topological polar surface area (TPSA) is 61.8 Å². The molecule has 1 aliphatic heterocycles. The van der Waals surface area contributed by atoms with Crippen molar-refractivity contribution < 1.29 is 14.6 Å². The fraction of sp³-hybridized carbons (Fsp3) is 0.900. The summed E-state index contributed by atoms with van der Waals surface area (Å²) in [5, 5.41) is 12.0. The van der Waals surface area contributed by atoms with Crippen LogP contribution in [-0.2, 0) is 9.53 Å². The molecule has 0 aromatic carbocycles. The molecule has 5 nitrogen and oxygen atoms in total. The Bertz CT molecular complexity index is 211. The van der Waals surface area contributed by atoms with Gasteiger partial charge in [0.15, 0.2) is 0 Å². The molecule has 1 saturated heterocycles. The molecule has 5 heteroatoms. The highest BCUT2D eigenvalue weighted by Gasteiger charge is 2.29. The number of likely N-dealkylation sites (N-methyl/N-ethyl adjacent to an activating group) is 1. The lowest BCUT2D eigenvalue weighted by atomic mass is 10.1. The number of rotatable bonds is 4. The number of hydrogen-bond donors (Lipinski definition) is 2. The highest BCUT2D eigenvalue weighted by atomic mass is 16.5. The van der Waals surface area contributed by atoms with E-state index >= 15 is 0 Å². The number of amides is 1. The minimum Gasteiger partial charge on any atom is -0.395 e. The zero-order valence-corrected chi connectivity index (χ0v) is 9.40. The standard InChI is InChI=1S/C10H20N2O3/c1-3-11-10(14)8(2)12-4-5-15-7-9(12)6-13/h8-9,13H,3-7H2,1-2H3,(H,11,14). The summed E-state index contributed by atoms with van der Waals surface area (Å²) in [5.41, 5.74) is 0. The van der Waals surface area contributed by atoms with Crippen molar-refractivity contribution in [3.63, 3.8) is 0 Å². The second kappa shape index (κ2) is 6.05. The van der Waals surface area contributed by atoms with Crippen LogP contribution in [0.2, 0.25) is 0 Å². The van der Waals surface area contributed by atoms with Crippen molar-refractivity contribution in [3.05, 3.63) is 0 Å². The van der Waals surface area contributed by atoms with E-state index in [1.165, 1.54) is 0 Å². The summed E-state index contributed by atoms with van der Waals surface area (Å²) in [6.07, 6.45) is 0. The predicted octanol–water partition coefficient (Wildman–Crippen LogP) is -0.796. The Labute approximate surface area is 90.4 Å². The minimum atomic E-state index is -0.203. The number of aliphatic hydroxyl groups excluding tert-OH is 1. The zero-order valence-electron chi connectivity index (χ0n) is 9.40. The molecular weight excluding hydrogens is 196 g/mol. The van der Waals surface area contributed by atoms with Crippen LogP contribution in [0.1, 0.15) is 13.8 Å². The van der Waals surface area contributed by atoms with Crippen LogP contribution in [0, 0.1) is 0 Å². The van der Waals surface area contributed by atoms with Gasteiger partial charge in [-0.2, -0.15) is 0 Å². The van der Waals surface area contributed by atoms with Crippen molar-refractivity contribution in [1.29, 1.82) is 0 Å². The lowest BCUT2D eigenvalue weighted by molar-refractivity contribution is -0.130. The first-order valence-corrected chi connectivity index (χ1v) is 5.42. The number of hydrogen-bond acceptors (Lipinski definition) is 4. The first-order chi connectivity index (χ1) is 7.20. The smallest absolute Gasteiger partial charge is 0.237 e. The van der Waals surface area contributed by atoms with Gasteiger partial charge in [-0.15, -0.1) is 0 Å². The van der Waals surface area contributed by atoms with Crippen molar-refractivity contribution in [2.24, 2.45) is 0 Å². The van der Waals surface area contributed by atoms with Gasteiger partial charge in [0.25, 0.3) is 0 Å². The van der Waals surface area contributed by atoms with Crippen molar-refractivity contribution >= 4 is 5.91 Å². The molecule has 1 fully saturated rings. The molecule has 88 valence electrons. The molecule has 2 N–H and O–H groups in total. The molecule has 1 aliphatic rings. The Morgan fingerprint density at radius 2 is 2.47 bits per heavy atom. The fourth-order valence-electron chi connectivity index (χ4n) is 1.81. The monoisotopic (exact) mass is 216 g/mol. The van der Waals surface area contributed by atoms with Gasteiger partial charge >= 0.3 is 0 Å². The van der Waals surface area contributed by atoms with Crippen molar-refractivity contribution in [2.75, 3.05) is 32.9 Å². The highest BCUT2D eigenvalue weighted by molar-refractivity contribution is 5.81. The van der Waals surface area contributed by atoms with Crippen LogP contribution < -0.4 is 5.32 Å². The number of aliphatic hydroxyl groups is 1. The fourth-order valence-corrected chi connectivity index (χ4v) is 1.81. The van der Waals surface area contributed by atoms with Crippen LogP contribution in [0.15, 0.2) is 0 Å². The Morgan fingerprint density at radius 1 is 1.73 bits per heavy atom. The van der Waals surface area contributed by atoms with Crippen molar-refractivity contribution in [1.82, 2.24) is 10.2 Å². The number of carbonyl (C=O) groups is 1. The summed E-state index contributed by atoms with van der Waals surface area (Å²) < 4.78 is 5.26. The molecule has 0 radical (unpaired) electrons. The number of ether oxygens (including phenoxy) is 1. The molecule has 15 heavy (non-hydrogen) atoms. The van der Waals surface area contributed by atoms with E-state index in [0.29, 0.717) is 26.3 Å². The van der Waals surface area contributed by atoms with Gasteiger partial charge in [-0.25, -0.2) is 0 Å². The Morgan fingerprint density at radius 3 is 3.07 bits per heavy atom. The summed E-state index contributed by atoms with van der Waals surface area (Å²) in [6, 6.07) is -0.262. The van der Waals surface area contributed by atoms with Crippen LogP contribution >= 0.6 is 0 Å². The van der Waals surface area contributed by atoms with Crippen LogP contribution in [0.4, 0.5) is 0 Å². The maximum Gasteiger partial charge on any atom is 0.237 e. The number of nitrogens with zero attached hydrogens (tertiary/aromatic N) is 1. The normalized spacial score (nSPS) is 24.9. The lowest BCUT2D eigenvalue weighted by Gasteiger charge is -2.37. The number of morpholine rings is 1. The highest BCUT2D eigenvalue weighted by Crippen LogP contribution is 2.10. The van der Waals surface area contributed by atoms with Gasteiger partial charge in [0.05, 0.1) is 31.9 Å². The summed E-state index contributed by atoms with van der Waals surface area (Å²) in [5.74, 6) is 0.0119. The van der Waals surface area contributed by atoms with E-state index in [0.717, 1.165) is 0 Å². The van der Waals surface area contributed by atoms with E-state index in [2.05, 4.69) is 5.32 Å². The summed E-state index contributed by atoms with van der Waals surface area (Å²) >= 11 is 0. The van der Waals surface area contributed by atoms with Crippen LogP contribution in [0.25, 0.3) is 0 Å². The Balaban J connectivity index is 2.54. The summed E-state index contributed by atoms with van der Waals surface area (Å²) in [7, 11) is 0. The van der Waals surface area contributed by atoms with Crippen molar-refractivity contribution in [2.45, 2.75) is 25.9 Å². The molecule has 0 spiro atoms. The van der Waals surface area contributed by atoms with Gasteiger partial charge in [0, 0.05) is 13.1 Å². The first kappa shape index (κ1) is 12.4. The van der Waals surface area contributed by atoms with Crippen LogP contribution in [0.3, 0.4) is 0 Å². The Hall–Kier alpha value is -0.650. The minimum absolute atomic E-state index is 0.0119. The average Bonchev–Trinajstić information content (AvgIpc) is 2.28. The van der Waals surface area contributed by atoms with Crippen LogP contribution in [0.5, 0.6) is 0 Å². The maximum absolute atomic E-state index is 11.6. The molecule has 1 amide bonds. The van der Waals surface area contributed by atoms with Gasteiger partial charge in [-0.05, 0) is 13.8 Å². The molecule has 0 saturated carbocycles. The van der Waals surface area contributed by atoms with E-state index in [1.807, 2.05) is 18.7 Å². The molecule has 1 rings (SSSR count). The number of nitrogens with one attached hydrogen (secondary N) is 1. The van der Waals surface area contributed by atoms with E-state index in [9.17, 15) is 4.79 Å². The molecule has 1 heterocycles. The molecular formula is C10H20N2O3. The van der Waals surface area contributed by atoms with Gasteiger partial charge in [0.2, 0.25) is 5.91 Å². The second-order valence-corrected chi connectivity index (χ2v) is 3.72. The van der Waals surface area contributed by atoms with Gasteiger partial charge < -0.3 is 15.2 Å². The third-order valence-corrected chi connectivity index (χ3v) is 2.71. The van der Waals surface area contributed by atoms with Crippen LogP contribution in [-0.4, -0.2) is 60.9 Å². The maximum atomic E-state index is 11.6. The summed E-state index contributed by atoms with van der Waals surface area (Å²) in [6.45, 7) is 6.25. The molecule has 0 aliphatic carbocycles. The van der Waals surface area contributed by atoms with E-state index < -0.39 is 0 Å². The second-order valence-electron chi connectivity index (χ2n) is 3.72.